The monoisotopic (exact) mass is 260 g/mol. The minimum atomic E-state index is -0.280. The Hall–Kier alpha value is -2.18. The Morgan fingerprint density at radius 2 is 2.05 bits per heavy atom. The van der Waals surface area contributed by atoms with Crippen LogP contribution in [-0.4, -0.2) is 18.1 Å². The molecule has 6 nitrogen and oxygen atoms in total. The third kappa shape index (κ3) is 3.64. The lowest BCUT2D eigenvalue weighted by molar-refractivity contribution is 0.101. The molecule has 0 unspecified atom stereocenters. The number of anilines is 1. The lowest BCUT2D eigenvalue weighted by atomic mass is 10.2. The first-order valence-corrected chi connectivity index (χ1v) is 5.92. The van der Waals surface area contributed by atoms with E-state index in [4.69, 9.17) is 4.52 Å². The molecule has 1 aromatic carbocycles. The highest BCUT2D eigenvalue weighted by atomic mass is 16.5. The summed E-state index contributed by atoms with van der Waals surface area (Å²) in [5.74, 6) is 0.330. The van der Waals surface area contributed by atoms with Crippen LogP contribution in [0.2, 0.25) is 0 Å². The number of aromatic nitrogens is 1. The molecule has 0 aliphatic heterocycles. The van der Waals surface area contributed by atoms with Gasteiger partial charge in [-0.2, -0.15) is 0 Å². The van der Waals surface area contributed by atoms with Crippen molar-refractivity contribution in [2.75, 3.05) is 12.4 Å². The van der Waals surface area contributed by atoms with Gasteiger partial charge >= 0.3 is 0 Å². The number of carbonyl (C=O) groups is 1. The zero-order valence-corrected chi connectivity index (χ0v) is 10.9. The van der Waals surface area contributed by atoms with Crippen molar-refractivity contribution in [3.8, 4) is 0 Å². The van der Waals surface area contributed by atoms with Gasteiger partial charge in [0.25, 0.3) is 5.91 Å². The van der Waals surface area contributed by atoms with E-state index in [1.807, 2.05) is 31.3 Å². The average Bonchev–Trinajstić information content (AvgIpc) is 2.85. The average molecular weight is 260 g/mol. The summed E-state index contributed by atoms with van der Waals surface area (Å²) >= 11 is 0. The SMILES string of the molecule is CNNCc1ccc(NC(=O)c2cc(C)on2)cc1. The largest absolute Gasteiger partial charge is 0.361 e. The van der Waals surface area contributed by atoms with E-state index in [0.717, 1.165) is 11.3 Å². The van der Waals surface area contributed by atoms with Gasteiger partial charge in [0.05, 0.1) is 0 Å². The second-order valence-electron chi connectivity index (χ2n) is 4.08. The number of aryl methyl sites for hydroxylation is 1. The Morgan fingerprint density at radius 3 is 2.63 bits per heavy atom. The summed E-state index contributed by atoms with van der Waals surface area (Å²) in [6.45, 7) is 2.46. The van der Waals surface area contributed by atoms with Crippen LogP contribution in [0.3, 0.4) is 0 Å². The number of benzene rings is 1. The molecule has 0 saturated carbocycles. The van der Waals surface area contributed by atoms with Gasteiger partial charge in [0.15, 0.2) is 5.69 Å². The van der Waals surface area contributed by atoms with E-state index in [9.17, 15) is 4.79 Å². The second kappa shape index (κ2) is 6.12. The Kier molecular flexibility index (Phi) is 4.27. The molecule has 1 heterocycles. The van der Waals surface area contributed by atoms with Crippen LogP contribution in [0, 0.1) is 6.92 Å². The number of amides is 1. The van der Waals surface area contributed by atoms with Gasteiger partial charge in [-0.05, 0) is 31.7 Å². The van der Waals surface area contributed by atoms with E-state index in [2.05, 4.69) is 21.3 Å². The maximum atomic E-state index is 11.8. The Morgan fingerprint density at radius 1 is 1.32 bits per heavy atom. The molecule has 0 aliphatic rings. The van der Waals surface area contributed by atoms with Crippen molar-refractivity contribution in [3.05, 3.63) is 47.3 Å². The molecule has 0 fully saturated rings. The predicted molar refractivity (Wildman–Crippen MR) is 71.5 cm³/mol. The minimum absolute atomic E-state index is 0.276. The first kappa shape index (κ1) is 13.3. The summed E-state index contributed by atoms with van der Waals surface area (Å²) in [4.78, 5) is 11.8. The number of hydrazine groups is 1. The molecule has 0 atom stereocenters. The molecular weight excluding hydrogens is 244 g/mol. The van der Waals surface area contributed by atoms with Gasteiger partial charge in [0, 0.05) is 18.3 Å². The summed E-state index contributed by atoms with van der Waals surface area (Å²) in [6, 6.07) is 9.16. The maximum Gasteiger partial charge on any atom is 0.277 e. The van der Waals surface area contributed by atoms with Crippen LogP contribution in [0.15, 0.2) is 34.9 Å². The molecule has 2 rings (SSSR count). The lowest BCUT2D eigenvalue weighted by Crippen LogP contribution is -2.26. The molecule has 2 aromatic rings. The summed E-state index contributed by atoms with van der Waals surface area (Å²) < 4.78 is 4.86. The Labute approximate surface area is 111 Å². The third-order valence-corrected chi connectivity index (χ3v) is 2.54. The number of carbonyl (C=O) groups excluding carboxylic acids is 1. The van der Waals surface area contributed by atoms with Gasteiger partial charge in [0.1, 0.15) is 5.76 Å². The molecular formula is C13H16N4O2. The predicted octanol–water partition coefficient (Wildman–Crippen LogP) is 1.46. The van der Waals surface area contributed by atoms with Gasteiger partial charge in [-0.3, -0.25) is 15.6 Å². The molecule has 0 spiro atoms. The summed E-state index contributed by atoms with van der Waals surface area (Å²) in [5, 5.41) is 6.42. The standard InChI is InChI=1S/C13H16N4O2/c1-9-7-12(17-19-9)13(18)16-11-5-3-10(4-6-11)8-15-14-2/h3-7,14-15H,8H2,1-2H3,(H,16,18). The van der Waals surface area contributed by atoms with Crippen molar-refractivity contribution in [1.29, 1.82) is 0 Å². The van der Waals surface area contributed by atoms with Crippen LogP contribution in [0.1, 0.15) is 21.8 Å². The van der Waals surface area contributed by atoms with Gasteiger partial charge in [0.2, 0.25) is 0 Å². The highest BCUT2D eigenvalue weighted by Crippen LogP contribution is 2.11. The van der Waals surface area contributed by atoms with E-state index in [0.29, 0.717) is 12.3 Å². The van der Waals surface area contributed by atoms with E-state index < -0.39 is 0 Å². The topological polar surface area (TPSA) is 79.2 Å². The van der Waals surface area contributed by atoms with Gasteiger partial charge in [-0.1, -0.05) is 17.3 Å². The van der Waals surface area contributed by atoms with Crippen LogP contribution in [0.4, 0.5) is 5.69 Å². The molecule has 100 valence electrons. The van der Waals surface area contributed by atoms with Crippen molar-refractivity contribution >= 4 is 11.6 Å². The minimum Gasteiger partial charge on any atom is -0.361 e. The second-order valence-corrected chi connectivity index (χ2v) is 4.08. The van der Waals surface area contributed by atoms with Crippen LogP contribution >= 0.6 is 0 Å². The number of nitrogens with zero attached hydrogens (tertiary/aromatic N) is 1. The molecule has 0 bridgehead atoms. The van der Waals surface area contributed by atoms with Crippen LogP contribution < -0.4 is 16.2 Å². The van der Waals surface area contributed by atoms with Crippen LogP contribution in [0.25, 0.3) is 0 Å². The zero-order chi connectivity index (χ0) is 13.7. The molecule has 0 saturated heterocycles. The Bertz CT molecular complexity index is 548. The fourth-order valence-electron chi connectivity index (χ4n) is 1.56. The van der Waals surface area contributed by atoms with Crippen molar-refractivity contribution < 1.29 is 9.32 Å². The van der Waals surface area contributed by atoms with Crippen LogP contribution in [-0.2, 0) is 6.54 Å². The smallest absolute Gasteiger partial charge is 0.277 e. The highest BCUT2D eigenvalue weighted by Gasteiger charge is 2.10. The highest BCUT2D eigenvalue weighted by molar-refractivity contribution is 6.02. The first-order valence-electron chi connectivity index (χ1n) is 5.92. The normalized spacial score (nSPS) is 10.4. The lowest BCUT2D eigenvalue weighted by Gasteiger charge is -2.05. The number of nitrogens with one attached hydrogen (secondary N) is 3. The molecule has 1 amide bonds. The number of hydrogen-bond donors (Lipinski definition) is 3. The van der Waals surface area contributed by atoms with Crippen LogP contribution in [0.5, 0.6) is 0 Å². The quantitative estimate of drug-likeness (QED) is 0.709. The number of hydrogen-bond acceptors (Lipinski definition) is 5. The molecule has 19 heavy (non-hydrogen) atoms. The van der Waals surface area contributed by atoms with Gasteiger partial charge < -0.3 is 9.84 Å². The maximum absolute atomic E-state index is 11.8. The summed E-state index contributed by atoms with van der Waals surface area (Å²) in [7, 11) is 1.81. The van der Waals surface area contributed by atoms with Gasteiger partial charge in [-0.25, -0.2) is 0 Å². The fraction of sp³-hybridized carbons (Fsp3) is 0.231. The fourth-order valence-corrected chi connectivity index (χ4v) is 1.56. The molecule has 3 N–H and O–H groups in total. The summed E-state index contributed by atoms with van der Waals surface area (Å²) in [5.41, 5.74) is 7.95. The van der Waals surface area contributed by atoms with Gasteiger partial charge in [-0.15, -0.1) is 0 Å². The van der Waals surface area contributed by atoms with E-state index >= 15 is 0 Å². The van der Waals surface area contributed by atoms with E-state index in [1.165, 1.54) is 0 Å². The first-order chi connectivity index (χ1) is 9.19. The van der Waals surface area contributed by atoms with Crippen molar-refractivity contribution in [2.45, 2.75) is 13.5 Å². The third-order valence-electron chi connectivity index (χ3n) is 2.54. The molecule has 0 aliphatic carbocycles. The summed E-state index contributed by atoms with van der Waals surface area (Å²) in [6.07, 6.45) is 0. The Balaban J connectivity index is 1.97. The van der Waals surface area contributed by atoms with Crippen molar-refractivity contribution in [1.82, 2.24) is 16.0 Å². The van der Waals surface area contributed by atoms with E-state index in [1.54, 1.807) is 13.0 Å². The number of rotatable bonds is 5. The van der Waals surface area contributed by atoms with E-state index in [-0.39, 0.29) is 11.6 Å². The zero-order valence-electron chi connectivity index (χ0n) is 10.9. The molecule has 6 heteroatoms. The van der Waals surface area contributed by atoms with Crippen molar-refractivity contribution in [2.24, 2.45) is 0 Å². The molecule has 0 radical (unpaired) electrons. The molecule has 1 aromatic heterocycles. The van der Waals surface area contributed by atoms with Crippen molar-refractivity contribution in [3.63, 3.8) is 0 Å².